The van der Waals surface area contributed by atoms with Gasteiger partial charge < -0.3 is 11.1 Å². The summed E-state index contributed by atoms with van der Waals surface area (Å²) in [5.41, 5.74) is 5.17. The van der Waals surface area contributed by atoms with Gasteiger partial charge in [0.1, 0.15) is 0 Å². The van der Waals surface area contributed by atoms with Crippen LogP contribution in [0.4, 0.5) is 0 Å². The third kappa shape index (κ3) is 7.84. The summed E-state index contributed by atoms with van der Waals surface area (Å²) in [7, 11) is 0. The molecule has 0 aromatic carbocycles. The van der Waals surface area contributed by atoms with Crippen molar-refractivity contribution in [1.82, 2.24) is 16.0 Å². The molecule has 0 fully saturated rings. The van der Waals surface area contributed by atoms with Crippen LogP contribution >= 0.6 is 0 Å². The third-order valence-corrected chi connectivity index (χ3v) is 0.894. The van der Waals surface area contributed by atoms with E-state index in [0.29, 0.717) is 6.67 Å². The molecule has 0 aliphatic rings. The zero-order valence-corrected chi connectivity index (χ0v) is 5.91. The largest absolute Gasteiger partial charge is 0.318 e. The Hall–Kier alpha value is -0.160. The minimum absolute atomic E-state index is 0.527. The monoisotopic (exact) mass is 132 g/mol. The van der Waals surface area contributed by atoms with E-state index in [2.05, 4.69) is 22.9 Å². The summed E-state index contributed by atoms with van der Waals surface area (Å²) in [6.07, 6.45) is 0. The Bertz CT molecular complexity index is 42.2. The van der Waals surface area contributed by atoms with Crippen molar-refractivity contribution in [3.8, 4) is 0 Å². The Labute approximate surface area is 56.2 Å². The highest BCUT2D eigenvalue weighted by molar-refractivity contribution is 4.40. The van der Waals surface area contributed by atoms with Gasteiger partial charge in [0.2, 0.25) is 0 Å². The van der Waals surface area contributed by atoms with Crippen molar-refractivity contribution < 1.29 is 0 Å². The quantitative estimate of drug-likeness (QED) is 0.265. The van der Waals surface area contributed by atoms with Gasteiger partial charge in [-0.15, -0.1) is 0 Å². The van der Waals surface area contributed by atoms with Crippen LogP contribution in [0.1, 0.15) is 6.92 Å². The summed E-state index contributed by atoms with van der Waals surface area (Å²) < 4.78 is 0. The molecule has 4 heteroatoms. The molecule has 0 atom stereocenters. The predicted molar refractivity (Wildman–Crippen MR) is 38.7 cm³/mol. The minimum Gasteiger partial charge on any atom is -0.318 e. The zero-order chi connectivity index (χ0) is 6.95. The topological polar surface area (TPSA) is 62.1 Å². The molecule has 0 amide bonds. The smallest absolute Gasteiger partial charge is 0.0474 e. The fourth-order valence-electron chi connectivity index (χ4n) is 0.436. The summed E-state index contributed by atoms with van der Waals surface area (Å²) in [6.45, 7) is 5.19. The minimum atomic E-state index is 0.527. The van der Waals surface area contributed by atoms with Crippen molar-refractivity contribution in [3.63, 3.8) is 0 Å². The molecule has 0 aliphatic heterocycles. The van der Waals surface area contributed by atoms with Crippen LogP contribution in [0.2, 0.25) is 0 Å². The van der Waals surface area contributed by atoms with Crippen molar-refractivity contribution in [3.05, 3.63) is 0 Å². The highest BCUT2D eigenvalue weighted by atomic mass is 15.1. The van der Waals surface area contributed by atoms with Gasteiger partial charge in [0.25, 0.3) is 0 Å². The molecule has 0 aromatic rings. The summed E-state index contributed by atoms with van der Waals surface area (Å²) in [4.78, 5) is 0. The SMILES string of the molecule is CCNCNCNCN. The maximum Gasteiger partial charge on any atom is 0.0474 e. The maximum atomic E-state index is 5.17. The van der Waals surface area contributed by atoms with Crippen LogP contribution in [0.3, 0.4) is 0 Å². The molecule has 0 bridgehead atoms. The second kappa shape index (κ2) is 7.84. The van der Waals surface area contributed by atoms with Crippen molar-refractivity contribution in [2.75, 3.05) is 26.6 Å². The molecule has 0 rings (SSSR count). The Kier molecular flexibility index (Phi) is 7.70. The molecular formula is C5H16N4. The van der Waals surface area contributed by atoms with E-state index in [1.807, 2.05) is 0 Å². The molecule has 0 heterocycles. The highest BCUT2D eigenvalue weighted by Crippen LogP contribution is 1.50. The van der Waals surface area contributed by atoms with E-state index in [1.54, 1.807) is 0 Å². The molecule has 4 nitrogen and oxygen atoms in total. The van der Waals surface area contributed by atoms with Gasteiger partial charge in [0, 0.05) is 20.0 Å². The maximum absolute atomic E-state index is 5.17. The van der Waals surface area contributed by atoms with Crippen molar-refractivity contribution in [1.29, 1.82) is 0 Å². The van der Waals surface area contributed by atoms with Crippen molar-refractivity contribution in [2.24, 2.45) is 5.73 Å². The summed E-state index contributed by atoms with van der Waals surface area (Å²) in [5, 5.41) is 9.13. The van der Waals surface area contributed by atoms with E-state index >= 15 is 0 Å². The third-order valence-electron chi connectivity index (χ3n) is 0.894. The molecule has 0 radical (unpaired) electrons. The van der Waals surface area contributed by atoms with E-state index in [-0.39, 0.29) is 0 Å². The van der Waals surface area contributed by atoms with Crippen LogP contribution in [-0.2, 0) is 0 Å². The average Bonchev–Trinajstić information content (AvgIpc) is 1.89. The Balaban J connectivity index is 2.60. The standard InChI is InChI=1S/C5H16N4/c1-2-7-4-9-5-8-3-6/h7-9H,2-6H2,1H3. The first-order valence-corrected chi connectivity index (χ1v) is 3.24. The van der Waals surface area contributed by atoms with E-state index < -0.39 is 0 Å². The number of hydrogen-bond donors (Lipinski definition) is 4. The number of nitrogens with two attached hydrogens (primary N) is 1. The molecule has 0 aliphatic carbocycles. The lowest BCUT2D eigenvalue weighted by atomic mass is 10.7. The lowest BCUT2D eigenvalue weighted by molar-refractivity contribution is 0.547. The average molecular weight is 132 g/mol. The van der Waals surface area contributed by atoms with E-state index in [1.165, 1.54) is 0 Å². The summed E-state index contributed by atoms with van der Waals surface area (Å²) in [6, 6.07) is 0. The molecule has 0 saturated carbocycles. The Morgan fingerprint density at radius 1 is 1.11 bits per heavy atom. The number of nitrogens with one attached hydrogen (secondary N) is 3. The van der Waals surface area contributed by atoms with Gasteiger partial charge in [0.15, 0.2) is 0 Å². The highest BCUT2D eigenvalue weighted by Gasteiger charge is 1.79. The number of hydrogen-bond acceptors (Lipinski definition) is 4. The number of rotatable bonds is 6. The first-order chi connectivity index (χ1) is 4.41. The zero-order valence-electron chi connectivity index (χ0n) is 5.91. The first-order valence-electron chi connectivity index (χ1n) is 3.24. The van der Waals surface area contributed by atoms with Crippen LogP contribution in [-0.4, -0.2) is 26.6 Å². The van der Waals surface area contributed by atoms with Gasteiger partial charge >= 0.3 is 0 Å². The Morgan fingerprint density at radius 2 is 1.78 bits per heavy atom. The van der Waals surface area contributed by atoms with Crippen LogP contribution < -0.4 is 21.7 Å². The lowest BCUT2D eigenvalue weighted by Crippen LogP contribution is -2.37. The van der Waals surface area contributed by atoms with Gasteiger partial charge in [-0.05, 0) is 6.54 Å². The molecule has 9 heavy (non-hydrogen) atoms. The second-order valence-electron chi connectivity index (χ2n) is 1.66. The van der Waals surface area contributed by atoms with Crippen LogP contribution in [0.5, 0.6) is 0 Å². The van der Waals surface area contributed by atoms with Crippen LogP contribution in [0.15, 0.2) is 0 Å². The van der Waals surface area contributed by atoms with Gasteiger partial charge in [-0.25, -0.2) is 0 Å². The Morgan fingerprint density at radius 3 is 2.33 bits per heavy atom. The molecule has 0 unspecified atom stereocenters. The van der Waals surface area contributed by atoms with Crippen molar-refractivity contribution >= 4 is 0 Å². The van der Waals surface area contributed by atoms with Crippen molar-refractivity contribution in [2.45, 2.75) is 6.92 Å². The van der Waals surface area contributed by atoms with Crippen LogP contribution in [0.25, 0.3) is 0 Å². The fraction of sp³-hybridized carbons (Fsp3) is 1.00. The van der Waals surface area contributed by atoms with Gasteiger partial charge in [0.05, 0.1) is 0 Å². The fourth-order valence-corrected chi connectivity index (χ4v) is 0.436. The second-order valence-corrected chi connectivity index (χ2v) is 1.66. The lowest BCUT2D eigenvalue weighted by Gasteiger charge is -2.03. The molecule has 0 spiro atoms. The first kappa shape index (κ1) is 8.84. The summed E-state index contributed by atoms with van der Waals surface area (Å²) in [5.74, 6) is 0. The molecular weight excluding hydrogens is 116 g/mol. The van der Waals surface area contributed by atoms with E-state index in [0.717, 1.165) is 19.9 Å². The molecule has 0 aromatic heterocycles. The predicted octanol–water partition coefficient (Wildman–Crippen LogP) is -1.39. The van der Waals surface area contributed by atoms with Crippen LogP contribution in [0, 0.1) is 0 Å². The van der Waals surface area contributed by atoms with Gasteiger partial charge in [-0.1, -0.05) is 6.92 Å². The summed E-state index contributed by atoms with van der Waals surface area (Å²) >= 11 is 0. The van der Waals surface area contributed by atoms with Gasteiger partial charge in [-0.3, -0.25) is 10.6 Å². The van der Waals surface area contributed by atoms with E-state index in [4.69, 9.17) is 5.73 Å². The van der Waals surface area contributed by atoms with Gasteiger partial charge in [-0.2, -0.15) is 0 Å². The molecule has 5 N–H and O–H groups in total. The molecule has 0 saturated heterocycles. The normalized spacial score (nSPS) is 10.0. The van der Waals surface area contributed by atoms with E-state index in [9.17, 15) is 0 Å². The molecule has 56 valence electrons.